The molecule has 1 heterocycles. The minimum absolute atomic E-state index is 0.650. The predicted molar refractivity (Wildman–Crippen MR) is 91.8 cm³/mol. The van der Waals surface area contributed by atoms with Crippen molar-refractivity contribution >= 4 is 23.2 Å². The summed E-state index contributed by atoms with van der Waals surface area (Å²) in [5.74, 6) is 0.976. The molecule has 0 radical (unpaired) electrons. The highest BCUT2D eigenvalue weighted by Gasteiger charge is 2.10. The van der Waals surface area contributed by atoms with E-state index in [1.165, 1.54) is 5.56 Å². The SMILES string of the molecule is Cc1[nH]c(Cc2ccccc2)nc1Cc1ccc(Cl)cc1Cl. The topological polar surface area (TPSA) is 28.7 Å². The lowest BCUT2D eigenvalue weighted by Crippen LogP contribution is -1.93. The van der Waals surface area contributed by atoms with Crippen LogP contribution in [-0.2, 0) is 12.8 Å². The maximum absolute atomic E-state index is 6.25. The highest BCUT2D eigenvalue weighted by molar-refractivity contribution is 6.35. The molecule has 0 saturated heterocycles. The summed E-state index contributed by atoms with van der Waals surface area (Å²) in [5, 5.41) is 1.33. The van der Waals surface area contributed by atoms with Gasteiger partial charge in [0.1, 0.15) is 5.82 Å². The van der Waals surface area contributed by atoms with Gasteiger partial charge in [-0.25, -0.2) is 4.98 Å². The Bertz CT molecular complexity index is 779. The Morgan fingerprint density at radius 1 is 1.00 bits per heavy atom. The van der Waals surface area contributed by atoms with Crippen molar-refractivity contribution < 1.29 is 0 Å². The van der Waals surface area contributed by atoms with Gasteiger partial charge in [0.25, 0.3) is 0 Å². The predicted octanol–water partition coefficient (Wildman–Crippen LogP) is 5.21. The van der Waals surface area contributed by atoms with E-state index in [0.29, 0.717) is 16.5 Å². The summed E-state index contributed by atoms with van der Waals surface area (Å²) in [6.07, 6.45) is 1.50. The Kier molecular flexibility index (Phi) is 4.51. The van der Waals surface area contributed by atoms with Gasteiger partial charge >= 0.3 is 0 Å². The Morgan fingerprint density at radius 2 is 1.77 bits per heavy atom. The lowest BCUT2D eigenvalue weighted by molar-refractivity contribution is 1.000. The van der Waals surface area contributed by atoms with E-state index < -0.39 is 0 Å². The van der Waals surface area contributed by atoms with Crippen molar-refractivity contribution in [3.8, 4) is 0 Å². The van der Waals surface area contributed by atoms with Gasteiger partial charge in [-0.15, -0.1) is 0 Å². The molecular formula is C18H16Cl2N2. The number of aryl methyl sites for hydroxylation is 1. The zero-order valence-electron chi connectivity index (χ0n) is 12.2. The highest BCUT2D eigenvalue weighted by Crippen LogP contribution is 2.24. The molecule has 0 amide bonds. The van der Waals surface area contributed by atoms with Crippen LogP contribution in [0.25, 0.3) is 0 Å². The number of halogens is 2. The molecule has 0 atom stereocenters. The Hall–Kier alpha value is -1.77. The third-order valence-corrected chi connectivity index (χ3v) is 4.21. The summed E-state index contributed by atoms with van der Waals surface area (Å²) in [4.78, 5) is 8.08. The van der Waals surface area contributed by atoms with Crippen LogP contribution in [-0.4, -0.2) is 9.97 Å². The minimum Gasteiger partial charge on any atom is -0.346 e. The molecule has 3 aromatic rings. The van der Waals surface area contributed by atoms with Crippen LogP contribution >= 0.6 is 23.2 Å². The summed E-state index contributed by atoms with van der Waals surface area (Å²) in [6, 6.07) is 15.9. The number of hydrogen-bond donors (Lipinski definition) is 1. The van der Waals surface area contributed by atoms with Crippen molar-refractivity contribution in [2.75, 3.05) is 0 Å². The quantitative estimate of drug-likeness (QED) is 0.699. The van der Waals surface area contributed by atoms with Crippen LogP contribution in [0.4, 0.5) is 0 Å². The van der Waals surface area contributed by atoms with Gasteiger partial charge in [-0.2, -0.15) is 0 Å². The van der Waals surface area contributed by atoms with Crippen molar-refractivity contribution in [2.45, 2.75) is 19.8 Å². The van der Waals surface area contributed by atoms with Gasteiger partial charge in [-0.05, 0) is 30.2 Å². The standard InChI is InChI=1S/C18H16Cl2N2/c1-12-17(10-14-7-8-15(19)11-16(14)20)22-18(21-12)9-13-5-3-2-4-6-13/h2-8,11H,9-10H2,1H3,(H,21,22). The monoisotopic (exact) mass is 330 g/mol. The molecule has 0 aliphatic rings. The first kappa shape index (κ1) is 15.1. The maximum Gasteiger partial charge on any atom is 0.111 e. The molecule has 1 aromatic heterocycles. The smallest absolute Gasteiger partial charge is 0.111 e. The van der Waals surface area contributed by atoms with Crippen LogP contribution in [0, 0.1) is 6.92 Å². The van der Waals surface area contributed by atoms with E-state index in [4.69, 9.17) is 28.2 Å². The fourth-order valence-electron chi connectivity index (χ4n) is 2.45. The zero-order chi connectivity index (χ0) is 15.5. The molecule has 2 aromatic carbocycles. The molecule has 0 unspecified atom stereocenters. The van der Waals surface area contributed by atoms with Crippen molar-refractivity contribution in [3.63, 3.8) is 0 Å². The van der Waals surface area contributed by atoms with Gasteiger partial charge in [-0.3, -0.25) is 0 Å². The second-order valence-corrected chi connectivity index (χ2v) is 6.17. The van der Waals surface area contributed by atoms with E-state index in [-0.39, 0.29) is 0 Å². The summed E-state index contributed by atoms with van der Waals surface area (Å²) in [5.41, 5.74) is 4.38. The van der Waals surface area contributed by atoms with Gasteiger partial charge in [0.05, 0.1) is 5.69 Å². The minimum atomic E-state index is 0.650. The maximum atomic E-state index is 6.25. The second kappa shape index (κ2) is 6.55. The average molecular weight is 331 g/mol. The Morgan fingerprint density at radius 3 is 2.50 bits per heavy atom. The van der Waals surface area contributed by atoms with Crippen molar-refractivity contribution in [1.29, 1.82) is 0 Å². The van der Waals surface area contributed by atoms with E-state index in [2.05, 4.69) is 17.1 Å². The highest BCUT2D eigenvalue weighted by atomic mass is 35.5. The van der Waals surface area contributed by atoms with Gasteiger partial charge in [0.2, 0.25) is 0 Å². The number of imidazole rings is 1. The molecule has 4 heteroatoms. The fraction of sp³-hybridized carbons (Fsp3) is 0.167. The summed E-state index contributed by atoms with van der Waals surface area (Å²) in [7, 11) is 0. The molecule has 1 N–H and O–H groups in total. The molecule has 22 heavy (non-hydrogen) atoms. The number of H-pyrrole nitrogens is 1. The number of hydrogen-bond acceptors (Lipinski definition) is 1. The molecule has 3 rings (SSSR count). The van der Waals surface area contributed by atoms with Crippen LogP contribution in [0.2, 0.25) is 10.0 Å². The number of benzene rings is 2. The first-order valence-corrected chi connectivity index (χ1v) is 7.89. The first-order valence-electron chi connectivity index (χ1n) is 7.14. The van der Waals surface area contributed by atoms with E-state index in [9.17, 15) is 0 Å². The van der Waals surface area contributed by atoms with Crippen molar-refractivity contribution in [1.82, 2.24) is 9.97 Å². The number of aromatic nitrogens is 2. The molecule has 0 aliphatic heterocycles. The third kappa shape index (κ3) is 3.52. The number of rotatable bonds is 4. The zero-order valence-corrected chi connectivity index (χ0v) is 13.7. The molecule has 2 nitrogen and oxygen atoms in total. The Labute approximate surface area is 140 Å². The Balaban J connectivity index is 1.80. The van der Waals surface area contributed by atoms with Gasteiger partial charge in [0.15, 0.2) is 0 Å². The van der Waals surface area contributed by atoms with Gasteiger partial charge < -0.3 is 4.98 Å². The molecular weight excluding hydrogens is 315 g/mol. The summed E-state index contributed by atoms with van der Waals surface area (Å²) in [6.45, 7) is 2.04. The van der Waals surface area contributed by atoms with E-state index in [1.54, 1.807) is 6.07 Å². The third-order valence-electron chi connectivity index (χ3n) is 3.62. The second-order valence-electron chi connectivity index (χ2n) is 5.33. The first-order chi connectivity index (χ1) is 10.6. The molecule has 0 saturated carbocycles. The molecule has 112 valence electrons. The molecule has 0 bridgehead atoms. The average Bonchev–Trinajstić information content (AvgIpc) is 2.83. The van der Waals surface area contributed by atoms with Crippen LogP contribution in [0.3, 0.4) is 0 Å². The van der Waals surface area contributed by atoms with Gasteiger partial charge in [0, 0.05) is 28.6 Å². The molecule has 0 spiro atoms. The lowest BCUT2D eigenvalue weighted by atomic mass is 10.1. The van der Waals surface area contributed by atoms with Crippen molar-refractivity contribution in [3.05, 3.63) is 86.9 Å². The molecule has 0 aliphatic carbocycles. The van der Waals surface area contributed by atoms with E-state index >= 15 is 0 Å². The molecule has 0 fully saturated rings. The van der Waals surface area contributed by atoms with Crippen LogP contribution in [0.5, 0.6) is 0 Å². The van der Waals surface area contributed by atoms with Crippen LogP contribution in [0.15, 0.2) is 48.5 Å². The van der Waals surface area contributed by atoms with E-state index in [0.717, 1.165) is 29.2 Å². The number of aromatic amines is 1. The largest absolute Gasteiger partial charge is 0.346 e. The van der Waals surface area contributed by atoms with Gasteiger partial charge in [-0.1, -0.05) is 59.6 Å². The number of nitrogens with zero attached hydrogens (tertiary/aromatic N) is 1. The van der Waals surface area contributed by atoms with Crippen LogP contribution in [0.1, 0.15) is 28.3 Å². The lowest BCUT2D eigenvalue weighted by Gasteiger charge is -2.03. The fourth-order valence-corrected chi connectivity index (χ4v) is 2.93. The van der Waals surface area contributed by atoms with Crippen LogP contribution < -0.4 is 0 Å². The normalized spacial score (nSPS) is 10.9. The number of nitrogens with one attached hydrogen (secondary N) is 1. The summed E-state index contributed by atoms with van der Waals surface area (Å²) < 4.78 is 0. The summed E-state index contributed by atoms with van der Waals surface area (Å²) >= 11 is 12.2. The van der Waals surface area contributed by atoms with Crippen molar-refractivity contribution in [2.24, 2.45) is 0 Å². The van der Waals surface area contributed by atoms with E-state index in [1.807, 2.05) is 37.3 Å².